The van der Waals surface area contributed by atoms with E-state index in [9.17, 15) is 8.42 Å². The standard InChI is InChI=1S/C8H15N3O2S/c1-3-4-5-11-6-8(7(2)10-11)14(9,12)13/h6H,3-5H2,1-2H3,(H2,9,12,13). The summed E-state index contributed by atoms with van der Waals surface area (Å²) in [6.45, 7) is 4.44. The van der Waals surface area contributed by atoms with Gasteiger partial charge in [0.15, 0.2) is 0 Å². The number of aryl methyl sites for hydroxylation is 2. The molecule has 0 atom stereocenters. The summed E-state index contributed by atoms with van der Waals surface area (Å²) in [4.78, 5) is 0.119. The number of primary sulfonamides is 1. The van der Waals surface area contributed by atoms with E-state index >= 15 is 0 Å². The van der Waals surface area contributed by atoms with Gasteiger partial charge < -0.3 is 0 Å². The number of hydrogen-bond acceptors (Lipinski definition) is 3. The van der Waals surface area contributed by atoms with Crippen molar-refractivity contribution in [2.24, 2.45) is 5.14 Å². The van der Waals surface area contributed by atoms with Crippen LogP contribution in [-0.2, 0) is 16.6 Å². The number of sulfonamides is 1. The molecule has 0 aliphatic rings. The lowest BCUT2D eigenvalue weighted by Crippen LogP contribution is -2.12. The Labute approximate surface area is 84.0 Å². The lowest BCUT2D eigenvalue weighted by Gasteiger charge is -1.96. The molecule has 0 spiro atoms. The molecular weight excluding hydrogens is 202 g/mol. The van der Waals surface area contributed by atoms with Crippen LogP contribution in [0.5, 0.6) is 0 Å². The van der Waals surface area contributed by atoms with E-state index in [1.807, 2.05) is 0 Å². The molecule has 0 bridgehead atoms. The average molecular weight is 217 g/mol. The number of nitrogens with two attached hydrogens (primary N) is 1. The summed E-state index contributed by atoms with van der Waals surface area (Å²) in [6.07, 6.45) is 3.51. The molecule has 0 amide bonds. The molecule has 1 aromatic heterocycles. The highest BCUT2D eigenvalue weighted by Crippen LogP contribution is 2.11. The van der Waals surface area contributed by atoms with Crippen LogP contribution in [0.25, 0.3) is 0 Å². The van der Waals surface area contributed by atoms with Crippen LogP contribution in [0.2, 0.25) is 0 Å². The summed E-state index contributed by atoms with van der Waals surface area (Å²) < 4.78 is 23.8. The summed E-state index contributed by atoms with van der Waals surface area (Å²) in [5.41, 5.74) is 0.462. The van der Waals surface area contributed by atoms with Gasteiger partial charge in [-0.2, -0.15) is 5.10 Å². The Kier molecular flexibility index (Phi) is 3.28. The van der Waals surface area contributed by atoms with Gasteiger partial charge in [-0.15, -0.1) is 0 Å². The van der Waals surface area contributed by atoms with Crippen molar-refractivity contribution < 1.29 is 8.42 Å². The minimum absolute atomic E-state index is 0.119. The van der Waals surface area contributed by atoms with Crippen LogP contribution in [0.4, 0.5) is 0 Å². The zero-order chi connectivity index (χ0) is 10.8. The van der Waals surface area contributed by atoms with Gasteiger partial charge in [-0.1, -0.05) is 13.3 Å². The monoisotopic (exact) mass is 217 g/mol. The Morgan fingerprint density at radius 2 is 2.21 bits per heavy atom. The second-order valence-corrected chi connectivity index (χ2v) is 4.77. The first kappa shape index (κ1) is 11.2. The topological polar surface area (TPSA) is 78.0 Å². The van der Waals surface area contributed by atoms with Gasteiger partial charge >= 0.3 is 0 Å². The Hall–Kier alpha value is -0.880. The highest BCUT2D eigenvalue weighted by molar-refractivity contribution is 7.89. The summed E-state index contributed by atoms with van der Waals surface area (Å²) in [6, 6.07) is 0. The molecule has 14 heavy (non-hydrogen) atoms. The first-order chi connectivity index (χ1) is 6.45. The summed E-state index contributed by atoms with van der Waals surface area (Å²) in [5, 5.41) is 9.09. The number of rotatable bonds is 4. The zero-order valence-electron chi connectivity index (χ0n) is 8.40. The van der Waals surface area contributed by atoms with Crippen molar-refractivity contribution in [1.29, 1.82) is 0 Å². The minimum atomic E-state index is -3.62. The highest BCUT2D eigenvalue weighted by Gasteiger charge is 2.15. The molecular formula is C8H15N3O2S. The fraction of sp³-hybridized carbons (Fsp3) is 0.625. The minimum Gasteiger partial charge on any atom is -0.271 e. The van der Waals surface area contributed by atoms with Crippen LogP contribution in [-0.4, -0.2) is 18.2 Å². The van der Waals surface area contributed by atoms with Crippen LogP contribution >= 0.6 is 0 Å². The predicted molar refractivity (Wildman–Crippen MR) is 53.2 cm³/mol. The van der Waals surface area contributed by atoms with E-state index in [1.54, 1.807) is 11.6 Å². The molecule has 1 heterocycles. The van der Waals surface area contributed by atoms with E-state index in [-0.39, 0.29) is 4.90 Å². The molecule has 0 radical (unpaired) electrons. The smallest absolute Gasteiger partial charge is 0.241 e. The third-order valence-electron chi connectivity index (χ3n) is 1.95. The molecule has 0 fully saturated rings. The lowest BCUT2D eigenvalue weighted by molar-refractivity contribution is 0.567. The molecule has 0 saturated heterocycles. The van der Waals surface area contributed by atoms with Crippen molar-refractivity contribution >= 4 is 10.0 Å². The average Bonchev–Trinajstić information content (AvgIpc) is 2.42. The number of aromatic nitrogens is 2. The van der Waals surface area contributed by atoms with E-state index in [4.69, 9.17) is 5.14 Å². The van der Waals surface area contributed by atoms with Gasteiger partial charge in [0, 0.05) is 12.7 Å². The van der Waals surface area contributed by atoms with Gasteiger partial charge in [0.1, 0.15) is 4.90 Å². The fourth-order valence-electron chi connectivity index (χ4n) is 1.21. The first-order valence-electron chi connectivity index (χ1n) is 4.52. The van der Waals surface area contributed by atoms with Gasteiger partial charge in [-0.25, -0.2) is 13.6 Å². The van der Waals surface area contributed by atoms with Crippen molar-refractivity contribution in [3.05, 3.63) is 11.9 Å². The maximum atomic E-state index is 11.1. The normalized spacial score (nSPS) is 11.9. The maximum absolute atomic E-state index is 11.1. The molecule has 1 aromatic rings. The molecule has 1 rings (SSSR count). The molecule has 0 unspecified atom stereocenters. The van der Waals surface area contributed by atoms with Crippen molar-refractivity contribution in [3.8, 4) is 0 Å². The summed E-state index contributed by atoms with van der Waals surface area (Å²) in [5.74, 6) is 0. The third-order valence-corrected chi connectivity index (χ3v) is 2.96. The van der Waals surface area contributed by atoms with E-state index < -0.39 is 10.0 Å². The quantitative estimate of drug-likeness (QED) is 0.803. The molecule has 0 aromatic carbocycles. The van der Waals surface area contributed by atoms with Crippen LogP contribution < -0.4 is 5.14 Å². The largest absolute Gasteiger partial charge is 0.271 e. The summed E-state index contributed by atoms with van der Waals surface area (Å²) >= 11 is 0. The van der Waals surface area contributed by atoms with Gasteiger partial charge in [-0.3, -0.25) is 4.68 Å². The Morgan fingerprint density at radius 1 is 1.57 bits per heavy atom. The molecule has 0 aliphatic carbocycles. The van der Waals surface area contributed by atoms with E-state index in [0.717, 1.165) is 19.4 Å². The second-order valence-electron chi connectivity index (χ2n) is 3.24. The van der Waals surface area contributed by atoms with Crippen LogP contribution in [0.15, 0.2) is 11.1 Å². The van der Waals surface area contributed by atoms with Crippen molar-refractivity contribution in [2.75, 3.05) is 0 Å². The third kappa shape index (κ3) is 2.55. The summed E-state index contributed by atoms with van der Waals surface area (Å²) in [7, 11) is -3.62. The SMILES string of the molecule is CCCCn1cc(S(N)(=O)=O)c(C)n1. The first-order valence-corrected chi connectivity index (χ1v) is 6.06. The van der Waals surface area contributed by atoms with Crippen molar-refractivity contribution in [2.45, 2.75) is 38.1 Å². The van der Waals surface area contributed by atoms with Gasteiger partial charge in [-0.05, 0) is 13.3 Å². The van der Waals surface area contributed by atoms with Gasteiger partial charge in [0.25, 0.3) is 0 Å². The van der Waals surface area contributed by atoms with E-state index in [0.29, 0.717) is 5.69 Å². The highest BCUT2D eigenvalue weighted by atomic mass is 32.2. The maximum Gasteiger partial charge on any atom is 0.241 e. The number of unbranched alkanes of at least 4 members (excludes halogenated alkanes) is 1. The number of hydrogen-bond donors (Lipinski definition) is 1. The molecule has 0 aliphatic heterocycles. The Bertz CT molecular complexity index is 408. The second kappa shape index (κ2) is 4.10. The van der Waals surface area contributed by atoms with E-state index in [1.165, 1.54) is 6.20 Å². The van der Waals surface area contributed by atoms with Gasteiger partial charge in [0.2, 0.25) is 10.0 Å². The molecule has 5 nitrogen and oxygen atoms in total. The fourth-order valence-corrected chi connectivity index (χ4v) is 1.93. The van der Waals surface area contributed by atoms with Gasteiger partial charge in [0.05, 0.1) is 5.69 Å². The molecule has 6 heteroatoms. The molecule has 0 saturated carbocycles. The predicted octanol–water partition coefficient (Wildman–Crippen LogP) is 0.639. The number of nitrogens with zero attached hydrogens (tertiary/aromatic N) is 2. The molecule has 2 N–H and O–H groups in total. The van der Waals surface area contributed by atoms with Crippen LogP contribution in [0, 0.1) is 6.92 Å². The lowest BCUT2D eigenvalue weighted by atomic mass is 10.3. The van der Waals surface area contributed by atoms with Crippen molar-refractivity contribution in [3.63, 3.8) is 0 Å². The van der Waals surface area contributed by atoms with Crippen LogP contribution in [0.3, 0.4) is 0 Å². The Morgan fingerprint density at radius 3 is 2.64 bits per heavy atom. The van der Waals surface area contributed by atoms with Crippen LogP contribution in [0.1, 0.15) is 25.5 Å². The molecule has 80 valence electrons. The zero-order valence-corrected chi connectivity index (χ0v) is 9.21. The Balaban J connectivity index is 2.94. The van der Waals surface area contributed by atoms with Crippen molar-refractivity contribution in [1.82, 2.24) is 9.78 Å². The van der Waals surface area contributed by atoms with E-state index in [2.05, 4.69) is 12.0 Å².